The summed E-state index contributed by atoms with van der Waals surface area (Å²) in [4.78, 5) is 17.7. The molecule has 3 fully saturated rings. The standard InChI is InChI=1S/C38H37F2N5O/c39-37(40)20-23-43(24-21-37)34-32-26-31(44-25-19-36(35(44)46)18-22-41-27-36)16-17-33(32)45(42-34)38(28-10-4-1-5-11-28,29-12-6-2-7-13-29)30-14-8-3-9-15-30/h1-17,26,41H,18-25,27H2/t36-/m0/s1. The molecule has 46 heavy (non-hydrogen) atoms. The quantitative estimate of drug-likeness (QED) is 0.212. The average molecular weight is 618 g/mol. The molecule has 0 bridgehead atoms. The van der Waals surface area contributed by atoms with Crippen LogP contribution in [0.15, 0.2) is 109 Å². The molecule has 1 N–H and O–H groups in total. The molecule has 4 aromatic carbocycles. The Hall–Kier alpha value is -4.56. The lowest BCUT2D eigenvalue weighted by molar-refractivity contribution is -0.124. The fourth-order valence-electron chi connectivity index (χ4n) is 7.90. The van der Waals surface area contributed by atoms with Crippen molar-refractivity contribution in [2.24, 2.45) is 5.41 Å². The van der Waals surface area contributed by atoms with Crippen LogP contribution < -0.4 is 15.1 Å². The Bertz CT molecular complexity index is 1760. The van der Waals surface area contributed by atoms with Crippen LogP contribution in [0.1, 0.15) is 42.4 Å². The second-order valence-electron chi connectivity index (χ2n) is 13.0. The minimum atomic E-state index is -2.69. The largest absolute Gasteiger partial charge is 0.354 e. The van der Waals surface area contributed by atoms with E-state index in [-0.39, 0.29) is 37.3 Å². The lowest BCUT2D eigenvalue weighted by atomic mass is 9.77. The SMILES string of the molecule is O=C1N(c2ccc3c(c2)c(N2CCC(F)(F)CC2)nn3C(c2ccccc2)(c2ccccc2)c2ccccc2)CC[C@]12CCNC2. The minimum Gasteiger partial charge on any atom is -0.354 e. The molecule has 234 valence electrons. The highest BCUT2D eigenvalue weighted by Crippen LogP contribution is 2.46. The number of hydrogen-bond acceptors (Lipinski definition) is 4. The second-order valence-corrected chi connectivity index (χ2v) is 13.0. The summed E-state index contributed by atoms with van der Waals surface area (Å²) < 4.78 is 30.9. The first kappa shape index (κ1) is 28.9. The Morgan fingerprint density at radius 3 is 1.85 bits per heavy atom. The van der Waals surface area contributed by atoms with Crippen molar-refractivity contribution in [1.29, 1.82) is 0 Å². The van der Waals surface area contributed by atoms with E-state index in [1.54, 1.807) is 0 Å². The molecule has 1 amide bonds. The van der Waals surface area contributed by atoms with Gasteiger partial charge in [-0.2, -0.15) is 5.10 Å². The summed E-state index contributed by atoms with van der Waals surface area (Å²) in [5, 5.41) is 9.64. The van der Waals surface area contributed by atoms with Crippen molar-refractivity contribution in [2.75, 3.05) is 42.5 Å². The molecule has 8 rings (SSSR count). The van der Waals surface area contributed by atoms with E-state index in [2.05, 4.69) is 58.5 Å². The molecule has 4 heterocycles. The monoisotopic (exact) mass is 617 g/mol. The lowest BCUT2D eigenvalue weighted by Gasteiger charge is -2.37. The number of fused-ring (bicyclic) bond motifs is 1. The molecule has 6 nitrogen and oxygen atoms in total. The van der Waals surface area contributed by atoms with E-state index >= 15 is 0 Å². The number of benzene rings is 4. The summed E-state index contributed by atoms with van der Waals surface area (Å²) in [6.07, 6.45) is 1.23. The van der Waals surface area contributed by atoms with Crippen LogP contribution in [-0.4, -0.2) is 54.3 Å². The van der Waals surface area contributed by atoms with Crippen LogP contribution in [0.25, 0.3) is 10.9 Å². The van der Waals surface area contributed by atoms with Crippen molar-refractivity contribution in [3.63, 3.8) is 0 Å². The third kappa shape index (κ3) is 4.53. The Morgan fingerprint density at radius 2 is 1.30 bits per heavy atom. The first-order valence-corrected chi connectivity index (χ1v) is 16.3. The summed E-state index contributed by atoms with van der Waals surface area (Å²) in [5.74, 6) is -1.85. The van der Waals surface area contributed by atoms with Gasteiger partial charge in [0.2, 0.25) is 5.91 Å². The zero-order valence-electron chi connectivity index (χ0n) is 25.7. The van der Waals surface area contributed by atoms with Crippen molar-refractivity contribution < 1.29 is 13.6 Å². The van der Waals surface area contributed by atoms with E-state index in [9.17, 15) is 13.6 Å². The van der Waals surface area contributed by atoms with E-state index in [1.165, 1.54) is 0 Å². The van der Waals surface area contributed by atoms with Crippen LogP contribution in [0.3, 0.4) is 0 Å². The number of hydrogen-bond donors (Lipinski definition) is 1. The number of rotatable bonds is 6. The molecule has 3 aliphatic heterocycles. The number of halogens is 2. The summed E-state index contributed by atoms with van der Waals surface area (Å²) in [5.41, 5.74) is 3.58. The Morgan fingerprint density at radius 1 is 0.717 bits per heavy atom. The number of carbonyl (C=O) groups excluding carboxylic acids is 1. The zero-order chi connectivity index (χ0) is 31.4. The molecule has 1 atom stereocenters. The Balaban J connectivity index is 1.38. The maximum atomic E-state index is 14.4. The van der Waals surface area contributed by atoms with Crippen LogP contribution in [0.2, 0.25) is 0 Å². The second kappa shape index (κ2) is 11.1. The summed E-state index contributed by atoms with van der Waals surface area (Å²) >= 11 is 0. The minimum absolute atomic E-state index is 0.163. The van der Waals surface area contributed by atoms with Gasteiger partial charge >= 0.3 is 0 Å². The normalized spacial score (nSPS) is 21.5. The van der Waals surface area contributed by atoms with Gasteiger partial charge in [-0.15, -0.1) is 0 Å². The molecular weight excluding hydrogens is 580 g/mol. The van der Waals surface area contributed by atoms with Crippen molar-refractivity contribution in [3.05, 3.63) is 126 Å². The molecule has 0 unspecified atom stereocenters. The van der Waals surface area contributed by atoms with Gasteiger partial charge in [-0.3, -0.25) is 4.79 Å². The number of nitrogens with one attached hydrogen (secondary N) is 1. The molecule has 8 heteroatoms. The third-order valence-corrected chi connectivity index (χ3v) is 10.4. The smallest absolute Gasteiger partial charge is 0.251 e. The van der Waals surface area contributed by atoms with Gasteiger partial charge in [0.1, 0.15) is 5.54 Å². The molecule has 3 aliphatic rings. The third-order valence-electron chi connectivity index (χ3n) is 10.4. The Labute approximate surface area is 267 Å². The number of carbonyl (C=O) groups is 1. The molecule has 3 saturated heterocycles. The van der Waals surface area contributed by atoms with Crippen LogP contribution in [0.5, 0.6) is 0 Å². The van der Waals surface area contributed by atoms with Gasteiger partial charge in [0.15, 0.2) is 5.82 Å². The fraction of sp³-hybridized carbons (Fsp3) is 0.316. The summed E-state index contributed by atoms with van der Waals surface area (Å²) in [7, 11) is 0. The van der Waals surface area contributed by atoms with Crippen molar-refractivity contribution in [1.82, 2.24) is 15.1 Å². The first-order chi connectivity index (χ1) is 22.4. The highest BCUT2D eigenvalue weighted by molar-refractivity contribution is 6.03. The van der Waals surface area contributed by atoms with E-state index in [0.717, 1.165) is 52.7 Å². The zero-order valence-corrected chi connectivity index (χ0v) is 25.7. The van der Waals surface area contributed by atoms with Crippen LogP contribution in [-0.2, 0) is 10.3 Å². The van der Waals surface area contributed by atoms with Crippen LogP contribution in [0.4, 0.5) is 20.3 Å². The molecule has 0 radical (unpaired) electrons. The van der Waals surface area contributed by atoms with E-state index < -0.39 is 11.5 Å². The van der Waals surface area contributed by atoms with Gasteiger partial charge in [0, 0.05) is 50.1 Å². The first-order valence-electron chi connectivity index (χ1n) is 16.3. The van der Waals surface area contributed by atoms with E-state index in [0.29, 0.717) is 18.9 Å². The average Bonchev–Trinajstić information content (AvgIpc) is 3.81. The number of amides is 1. The number of anilines is 2. The van der Waals surface area contributed by atoms with E-state index in [4.69, 9.17) is 5.10 Å². The maximum absolute atomic E-state index is 14.4. The van der Waals surface area contributed by atoms with Gasteiger partial charge in [0.05, 0.1) is 10.9 Å². The number of alkyl halides is 2. The van der Waals surface area contributed by atoms with Crippen LogP contribution >= 0.6 is 0 Å². The maximum Gasteiger partial charge on any atom is 0.251 e. The fourth-order valence-corrected chi connectivity index (χ4v) is 7.90. The molecule has 1 spiro atoms. The molecule has 1 aromatic heterocycles. The number of nitrogens with zero attached hydrogens (tertiary/aromatic N) is 4. The predicted octanol–water partition coefficient (Wildman–Crippen LogP) is 6.83. The highest BCUT2D eigenvalue weighted by atomic mass is 19.3. The van der Waals surface area contributed by atoms with Gasteiger partial charge < -0.3 is 15.1 Å². The van der Waals surface area contributed by atoms with Gasteiger partial charge in [0.25, 0.3) is 5.92 Å². The van der Waals surface area contributed by atoms with Crippen molar-refractivity contribution >= 4 is 28.3 Å². The van der Waals surface area contributed by atoms with Crippen molar-refractivity contribution in [3.8, 4) is 0 Å². The van der Waals surface area contributed by atoms with Gasteiger partial charge in [-0.05, 0) is 54.3 Å². The molecule has 0 saturated carbocycles. The lowest BCUT2D eigenvalue weighted by Crippen LogP contribution is -2.41. The number of aromatic nitrogens is 2. The van der Waals surface area contributed by atoms with Crippen LogP contribution in [0, 0.1) is 5.41 Å². The van der Waals surface area contributed by atoms with Gasteiger partial charge in [-0.1, -0.05) is 91.0 Å². The van der Waals surface area contributed by atoms with E-state index in [1.807, 2.05) is 70.5 Å². The topological polar surface area (TPSA) is 53.4 Å². The molecule has 0 aliphatic carbocycles. The van der Waals surface area contributed by atoms with Gasteiger partial charge in [-0.25, -0.2) is 13.5 Å². The Kier molecular flexibility index (Phi) is 6.94. The summed E-state index contributed by atoms with van der Waals surface area (Å²) in [6.45, 7) is 2.64. The number of piperidine rings is 1. The predicted molar refractivity (Wildman–Crippen MR) is 178 cm³/mol. The molecule has 5 aromatic rings. The summed E-state index contributed by atoms with van der Waals surface area (Å²) in [6, 6.07) is 37.2. The van der Waals surface area contributed by atoms with Crippen molar-refractivity contribution in [2.45, 2.75) is 37.1 Å². The highest BCUT2D eigenvalue weighted by Gasteiger charge is 2.49. The molecular formula is C38H37F2N5O.